The van der Waals surface area contributed by atoms with Crippen LogP contribution in [0.2, 0.25) is 0 Å². The Morgan fingerprint density at radius 3 is 2.76 bits per heavy atom. The topological polar surface area (TPSA) is 82.4 Å². The first-order chi connectivity index (χ1) is 9.48. The van der Waals surface area contributed by atoms with Crippen molar-refractivity contribution in [1.29, 1.82) is 5.26 Å². The first-order valence-corrected chi connectivity index (χ1v) is 7.74. The number of hydrogen-bond donors (Lipinski definition) is 1. The van der Waals surface area contributed by atoms with Crippen molar-refractivity contribution < 1.29 is 13.2 Å². The summed E-state index contributed by atoms with van der Waals surface area (Å²) in [5.41, 5.74) is 0.370. The van der Waals surface area contributed by atoms with Crippen LogP contribution in [0.4, 0.5) is 0 Å². The van der Waals surface area contributed by atoms with Gasteiger partial charge < -0.3 is 10.1 Å². The Labute approximate surface area is 131 Å². The van der Waals surface area contributed by atoms with Crippen LogP contribution in [0.15, 0.2) is 23.1 Å². The van der Waals surface area contributed by atoms with Gasteiger partial charge in [0.05, 0.1) is 18.7 Å². The molecule has 0 amide bonds. The highest BCUT2D eigenvalue weighted by atomic mass is 35.5. The van der Waals surface area contributed by atoms with Gasteiger partial charge in [-0.1, -0.05) is 0 Å². The molecule has 1 fully saturated rings. The van der Waals surface area contributed by atoms with Gasteiger partial charge in [-0.2, -0.15) is 9.57 Å². The molecule has 116 valence electrons. The summed E-state index contributed by atoms with van der Waals surface area (Å²) < 4.78 is 31.9. The Balaban J connectivity index is 0.00000220. The highest BCUT2D eigenvalue weighted by molar-refractivity contribution is 7.89. The number of nitrogens with zero attached hydrogens (tertiary/aromatic N) is 2. The Morgan fingerprint density at radius 2 is 2.19 bits per heavy atom. The van der Waals surface area contributed by atoms with E-state index < -0.39 is 10.0 Å². The molecule has 1 aromatic rings. The van der Waals surface area contributed by atoms with Crippen molar-refractivity contribution in [2.24, 2.45) is 0 Å². The lowest BCUT2D eigenvalue weighted by molar-refractivity contribution is 0.308. The molecule has 0 radical (unpaired) electrons. The molecule has 0 spiro atoms. The molecule has 1 saturated heterocycles. The van der Waals surface area contributed by atoms with Gasteiger partial charge in [0.25, 0.3) is 0 Å². The molecule has 21 heavy (non-hydrogen) atoms. The average Bonchev–Trinajstić information content (AvgIpc) is 2.46. The van der Waals surface area contributed by atoms with Crippen LogP contribution in [0.1, 0.15) is 12.5 Å². The zero-order valence-electron chi connectivity index (χ0n) is 11.9. The van der Waals surface area contributed by atoms with Crippen molar-refractivity contribution in [3.63, 3.8) is 0 Å². The van der Waals surface area contributed by atoms with Crippen LogP contribution in [0.25, 0.3) is 0 Å². The van der Waals surface area contributed by atoms with Crippen LogP contribution in [-0.4, -0.2) is 45.5 Å². The lowest BCUT2D eigenvalue weighted by Gasteiger charge is -2.31. The van der Waals surface area contributed by atoms with E-state index in [1.807, 2.05) is 13.0 Å². The number of nitriles is 1. The quantitative estimate of drug-likeness (QED) is 0.892. The second kappa shape index (κ2) is 7.09. The number of piperazine rings is 1. The van der Waals surface area contributed by atoms with Crippen LogP contribution < -0.4 is 10.1 Å². The summed E-state index contributed by atoms with van der Waals surface area (Å²) in [7, 11) is -2.21. The Hall–Kier alpha value is -1.33. The molecule has 1 aromatic carbocycles. The molecule has 6 nitrogen and oxygen atoms in total. The van der Waals surface area contributed by atoms with E-state index in [0.29, 0.717) is 25.2 Å². The second-order valence-electron chi connectivity index (χ2n) is 4.70. The van der Waals surface area contributed by atoms with Crippen molar-refractivity contribution in [3.05, 3.63) is 23.8 Å². The van der Waals surface area contributed by atoms with E-state index >= 15 is 0 Å². The maximum absolute atomic E-state index is 12.6. The number of sulfonamides is 1. The van der Waals surface area contributed by atoms with Crippen LogP contribution in [0.5, 0.6) is 5.75 Å². The zero-order chi connectivity index (χ0) is 14.8. The van der Waals surface area contributed by atoms with Gasteiger partial charge in [0.2, 0.25) is 10.0 Å². The summed E-state index contributed by atoms with van der Waals surface area (Å²) >= 11 is 0. The first-order valence-electron chi connectivity index (χ1n) is 6.30. The minimum absolute atomic E-state index is 0. The van der Waals surface area contributed by atoms with Gasteiger partial charge in [0, 0.05) is 25.7 Å². The van der Waals surface area contributed by atoms with Crippen molar-refractivity contribution >= 4 is 22.4 Å². The number of nitrogens with one attached hydrogen (secondary N) is 1. The third-order valence-electron chi connectivity index (χ3n) is 3.24. The molecule has 0 aliphatic carbocycles. The number of hydrogen-bond acceptors (Lipinski definition) is 5. The van der Waals surface area contributed by atoms with E-state index in [-0.39, 0.29) is 29.1 Å². The number of ether oxygens (including phenoxy) is 1. The summed E-state index contributed by atoms with van der Waals surface area (Å²) in [6.45, 7) is 3.41. The van der Waals surface area contributed by atoms with Gasteiger partial charge in [-0.25, -0.2) is 8.42 Å². The maximum Gasteiger partial charge on any atom is 0.246 e. The fourth-order valence-electron chi connectivity index (χ4n) is 2.20. The summed E-state index contributed by atoms with van der Waals surface area (Å²) in [5, 5.41) is 12.1. The van der Waals surface area contributed by atoms with Gasteiger partial charge in [-0.15, -0.1) is 12.4 Å². The summed E-state index contributed by atoms with van der Waals surface area (Å²) in [6, 6.07) is 6.44. The second-order valence-corrected chi connectivity index (χ2v) is 6.60. The van der Waals surface area contributed by atoms with Crippen molar-refractivity contribution in [1.82, 2.24) is 9.62 Å². The Morgan fingerprint density at radius 1 is 1.48 bits per heavy atom. The molecule has 1 N–H and O–H groups in total. The van der Waals surface area contributed by atoms with Crippen molar-refractivity contribution in [2.45, 2.75) is 17.9 Å². The summed E-state index contributed by atoms with van der Waals surface area (Å²) in [5.74, 6) is 0.204. The number of halogens is 1. The third-order valence-corrected chi connectivity index (χ3v) is 5.15. The van der Waals surface area contributed by atoms with E-state index in [1.54, 1.807) is 0 Å². The van der Waals surface area contributed by atoms with Crippen LogP contribution in [0.3, 0.4) is 0 Å². The maximum atomic E-state index is 12.6. The molecule has 1 aliphatic rings. The predicted octanol–water partition coefficient (Wildman–Crippen LogP) is 0.971. The largest absolute Gasteiger partial charge is 0.495 e. The van der Waals surface area contributed by atoms with Gasteiger partial charge in [-0.05, 0) is 25.1 Å². The summed E-state index contributed by atoms with van der Waals surface area (Å²) in [6.07, 6.45) is 0. The monoisotopic (exact) mass is 331 g/mol. The average molecular weight is 332 g/mol. The fourth-order valence-corrected chi connectivity index (χ4v) is 3.87. The minimum Gasteiger partial charge on any atom is -0.495 e. The van der Waals surface area contributed by atoms with Crippen LogP contribution >= 0.6 is 12.4 Å². The van der Waals surface area contributed by atoms with Gasteiger partial charge in [0.1, 0.15) is 10.6 Å². The standard InChI is InChI=1S/C13H17N3O3S.ClH/c1-10-9-16(6-5-15-10)20(17,18)13-4-3-11(8-14)7-12(13)19-2;/h3-4,7,10,15H,5-6,9H2,1-2H3;1H. The van der Waals surface area contributed by atoms with Crippen LogP contribution in [0, 0.1) is 11.3 Å². The molecule has 1 heterocycles. The van der Waals surface area contributed by atoms with E-state index in [0.717, 1.165) is 0 Å². The number of methoxy groups -OCH3 is 1. The Kier molecular flexibility index (Phi) is 5.98. The first kappa shape index (κ1) is 17.7. The molecule has 8 heteroatoms. The smallest absolute Gasteiger partial charge is 0.246 e. The van der Waals surface area contributed by atoms with E-state index in [2.05, 4.69) is 5.32 Å². The molecule has 2 rings (SSSR count). The molecule has 0 saturated carbocycles. The predicted molar refractivity (Wildman–Crippen MR) is 81.2 cm³/mol. The number of benzene rings is 1. The highest BCUT2D eigenvalue weighted by Gasteiger charge is 2.30. The lowest BCUT2D eigenvalue weighted by Crippen LogP contribution is -2.51. The highest BCUT2D eigenvalue weighted by Crippen LogP contribution is 2.28. The third kappa shape index (κ3) is 3.66. The molecular formula is C13H18ClN3O3S. The van der Waals surface area contributed by atoms with E-state index in [9.17, 15) is 8.42 Å². The zero-order valence-corrected chi connectivity index (χ0v) is 13.5. The molecule has 0 aromatic heterocycles. The van der Waals surface area contributed by atoms with Gasteiger partial charge >= 0.3 is 0 Å². The minimum atomic E-state index is -3.60. The molecule has 1 aliphatic heterocycles. The van der Waals surface area contributed by atoms with E-state index in [1.165, 1.54) is 29.6 Å². The van der Waals surface area contributed by atoms with Crippen LogP contribution in [-0.2, 0) is 10.0 Å². The van der Waals surface area contributed by atoms with Gasteiger partial charge in [0.15, 0.2) is 0 Å². The Bertz CT molecular complexity index is 643. The molecular weight excluding hydrogens is 314 g/mol. The molecule has 1 unspecified atom stereocenters. The normalized spacial score (nSPS) is 19.4. The van der Waals surface area contributed by atoms with Crippen molar-refractivity contribution in [3.8, 4) is 11.8 Å². The molecule has 0 bridgehead atoms. The van der Waals surface area contributed by atoms with E-state index in [4.69, 9.17) is 10.00 Å². The lowest BCUT2D eigenvalue weighted by atomic mass is 10.2. The number of rotatable bonds is 3. The molecule has 1 atom stereocenters. The SMILES string of the molecule is COc1cc(C#N)ccc1S(=O)(=O)N1CCNC(C)C1.Cl. The fraction of sp³-hybridized carbons (Fsp3) is 0.462. The van der Waals surface area contributed by atoms with Crippen molar-refractivity contribution in [2.75, 3.05) is 26.7 Å². The summed E-state index contributed by atoms with van der Waals surface area (Å²) in [4.78, 5) is 0.105. The van der Waals surface area contributed by atoms with Gasteiger partial charge in [-0.3, -0.25) is 0 Å².